The second-order valence-electron chi connectivity index (χ2n) is 6.01. The highest BCUT2D eigenvalue weighted by Gasteiger charge is 2.21. The molecule has 28 heavy (non-hydrogen) atoms. The molecule has 0 radical (unpaired) electrons. The van der Waals surface area contributed by atoms with Crippen LogP contribution in [0.1, 0.15) is 15.2 Å². The van der Waals surface area contributed by atoms with E-state index in [1.807, 2.05) is 31.2 Å². The number of anilines is 2. The number of nitrogens with one attached hydrogen (secondary N) is 2. The summed E-state index contributed by atoms with van der Waals surface area (Å²) in [5.41, 5.74) is 0.449. The van der Waals surface area contributed by atoms with Crippen LogP contribution in [0.3, 0.4) is 0 Å². The van der Waals surface area contributed by atoms with Crippen molar-refractivity contribution in [3.8, 4) is 0 Å². The number of thiazole rings is 1. The minimum absolute atomic E-state index is 0.183. The smallest absolute Gasteiger partial charge is 0.271 e. The van der Waals surface area contributed by atoms with E-state index in [0.717, 1.165) is 27.0 Å². The van der Waals surface area contributed by atoms with Crippen LogP contribution < -0.4 is 10.0 Å². The van der Waals surface area contributed by atoms with Crippen LogP contribution in [0.4, 0.5) is 10.8 Å². The molecule has 0 aliphatic rings. The summed E-state index contributed by atoms with van der Waals surface area (Å²) in [7, 11) is -3.79. The number of thiophene rings is 1. The van der Waals surface area contributed by atoms with Gasteiger partial charge in [-0.1, -0.05) is 30.3 Å². The van der Waals surface area contributed by atoms with Crippen LogP contribution >= 0.6 is 22.7 Å². The van der Waals surface area contributed by atoms with E-state index in [4.69, 9.17) is 0 Å². The van der Waals surface area contributed by atoms with Crippen molar-refractivity contribution >= 4 is 60.2 Å². The monoisotopic (exact) mass is 429 g/mol. The van der Waals surface area contributed by atoms with E-state index in [-0.39, 0.29) is 15.5 Å². The maximum atomic E-state index is 12.9. The van der Waals surface area contributed by atoms with E-state index >= 15 is 0 Å². The fraction of sp³-hybridized carbons (Fsp3) is 0.0526. The third-order valence-corrected chi connectivity index (χ3v) is 7.57. The van der Waals surface area contributed by atoms with Crippen LogP contribution in [-0.2, 0) is 10.0 Å². The molecule has 2 aromatic carbocycles. The van der Waals surface area contributed by atoms with E-state index in [1.165, 1.54) is 17.4 Å². The van der Waals surface area contributed by atoms with Gasteiger partial charge in [0.1, 0.15) is 4.21 Å². The van der Waals surface area contributed by atoms with Crippen LogP contribution in [0.25, 0.3) is 10.8 Å². The van der Waals surface area contributed by atoms with Gasteiger partial charge in [-0.3, -0.25) is 14.8 Å². The summed E-state index contributed by atoms with van der Waals surface area (Å²) >= 11 is 2.46. The van der Waals surface area contributed by atoms with Crippen molar-refractivity contribution in [2.75, 3.05) is 10.0 Å². The molecular weight excluding hydrogens is 414 g/mol. The molecule has 4 aromatic rings. The standard InChI is InChI=1S/C19H15N3O3S3/c1-12-11-20-19(27-12)21-18(23)15-9-13-5-2-3-6-14(13)10-16(15)22-28(24,25)17-7-4-8-26-17/h2-11,22H,1H3,(H,20,21,23). The Labute approximate surface area is 169 Å². The fourth-order valence-electron chi connectivity index (χ4n) is 2.70. The van der Waals surface area contributed by atoms with Gasteiger partial charge in [0.2, 0.25) is 0 Å². The molecule has 2 N–H and O–H groups in total. The number of aromatic nitrogens is 1. The van der Waals surface area contributed by atoms with E-state index in [0.29, 0.717) is 5.13 Å². The lowest BCUT2D eigenvalue weighted by molar-refractivity contribution is 0.102. The molecule has 0 unspecified atom stereocenters. The second kappa shape index (κ2) is 7.34. The zero-order chi connectivity index (χ0) is 19.7. The van der Waals surface area contributed by atoms with Crippen molar-refractivity contribution in [2.45, 2.75) is 11.1 Å². The summed E-state index contributed by atoms with van der Waals surface area (Å²) in [5, 5.41) is 6.55. The minimum atomic E-state index is -3.79. The lowest BCUT2D eigenvalue weighted by atomic mass is 10.0. The van der Waals surface area contributed by atoms with E-state index in [9.17, 15) is 13.2 Å². The van der Waals surface area contributed by atoms with Crippen molar-refractivity contribution in [2.24, 2.45) is 0 Å². The summed E-state index contributed by atoms with van der Waals surface area (Å²) in [5.74, 6) is -0.427. The van der Waals surface area contributed by atoms with Crippen molar-refractivity contribution < 1.29 is 13.2 Å². The Morgan fingerprint density at radius 3 is 2.46 bits per heavy atom. The SMILES string of the molecule is Cc1cnc(NC(=O)c2cc3ccccc3cc2NS(=O)(=O)c2cccs2)s1. The Morgan fingerprint density at radius 1 is 1.07 bits per heavy atom. The number of fused-ring (bicyclic) bond motifs is 1. The molecule has 2 aromatic heterocycles. The van der Waals surface area contributed by atoms with Crippen LogP contribution in [-0.4, -0.2) is 19.3 Å². The third-order valence-electron chi connectivity index (χ3n) is 3.98. The zero-order valence-electron chi connectivity index (χ0n) is 14.7. The highest BCUT2D eigenvalue weighted by atomic mass is 32.2. The number of rotatable bonds is 5. The predicted octanol–water partition coefficient (Wildman–Crippen LogP) is 4.72. The van der Waals surface area contributed by atoms with Crippen molar-refractivity contribution in [1.29, 1.82) is 0 Å². The highest BCUT2D eigenvalue weighted by Crippen LogP contribution is 2.29. The van der Waals surface area contributed by atoms with Gasteiger partial charge in [-0.2, -0.15) is 0 Å². The van der Waals surface area contributed by atoms with Crippen molar-refractivity contribution in [1.82, 2.24) is 4.98 Å². The van der Waals surface area contributed by atoms with Gasteiger partial charge in [0.25, 0.3) is 15.9 Å². The zero-order valence-corrected chi connectivity index (χ0v) is 17.1. The number of carbonyl (C=O) groups is 1. The van der Waals surface area contributed by atoms with Gasteiger partial charge < -0.3 is 0 Å². The summed E-state index contributed by atoms with van der Waals surface area (Å²) in [6.45, 7) is 1.89. The predicted molar refractivity (Wildman–Crippen MR) is 114 cm³/mol. The number of benzene rings is 2. The van der Waals surface area contributed by atoms with Gasteiger partial charge in [0.05, 0.1) is 11.3 Å². The summed E-state index contributed by atoms with van der Waals surface area (Å²) in [6.07, 6.45) is 1.67. The first-order chi connectivity index (χ1) is 13.4. The Morgan fingerprint density at radius 2 is 1.82 bits per heavy atom. The van der Waals surface area contributed by atoms with Gasteiger partial charge in [-0.25, -0.2) is 13.4 Å². The average Bonchev–Trinajstić information content (AvgIpc) is 3.33. The molecule has 0 atom stereocenters. The topological polar surface area (TPSA) is 88.2 Å². The number of sulfonamides is 1. The molecule has 0 spiro atoms. The first kappa shape index (κ1) is 18.6. The van der Waals surface area contributed by atoms with Crippen LogP contribution in [0.2, 0.25) is 0 Å². The second-order valence-corrected chi connectivity index (χ2v) is 10.1. The van der Waals surface area contributed by atoms with Gasteiger partial charge in [0.15, 0.2) is 5.13 Å². The molecule has 2 heterocycles. The fourth-order valence-corrected chi connectivity index (χ4v) is 5.42. The molecule has 6 nitrogen and oxygen atoms in total. The number of hydrogen-bond donors (Lipinski definition) is 2. The number of amides is 1. The molecule has 0 aliphatic carbocycles. The first-order valence-electron chi connectivity index (χ1n) is 8.25. The largest absolute Gasteiger partial charge is 0.298 e. The first-order valence-corrected chi connectivity index (χ1v) is 11.4. The van der Waals surface area contributed by atoms with Gasteiger partial charge >= 0.3 is 0 Å². The summed E-state index contributed by atoms with van der Waals surface area (Å²) < 4.78 is 28.1. The molecule has 0 fully saturated rings. The summed E-state index contributed by atoms with van der Waals surface area (Å²) in [6, 6.07) is 14.0. The van der Waals surface area contributed by atoms with E-state index in [2.05, 4.69) is 15.0 Å². The molecule has 0 saturated heterocycles. The molecule has 142 valence electrons. The number of carbonyl (C=O) groups excluding carboxylic acids is 1. The van der Waals surface area contributed by atoms with Gasteiger partial charge in [0, 0.05) is 11.1 Å². The quantitative estimate of drug-likeness (QED) is 0.480. The Kier molecular flexibility index (Phi) is 4.88. The number of aryl methyl sites for hydroxylation is 1. The maximum Gasteiger partial charge on any atom is 0.271 e. The lowest BCUT2D eigenvalue weighted by Crippen LogP contribution is -2.18. The third kappa shape index (κ3) is 3.77. The van der Waals surface area contributed by atoms with Crippen molar-refractivity contribution in [3.05, 3.63) is 70.5 Å². The van der Waals surface area contributed by atoms with Crippen LogP contribution in [0, 0.1) is 6.92 Å². The average molecular weight is 430 g/mol. The molecule has 4 rings (SSSR count). The lowest BCUT2D eigenvalue weighted by Gasteiger charge is -2.13. The molecule has 9 heteroatoms. The summed E-state index contributed by atoms with van der Waals surface area (Å²) in [4.78, 5) is 18.0. The van der Waals surface area contributed by atoms with Gasteiger partial charge in [-0.05, 0) is 41.3 Å². The number of hydrogen-bond acceptors (Lipinski definition) is 6. The van der Waals surface area contributed by atoms with E-state index < -0.39 is 15.9 Å². The van der Waals surface area contributed by atoms with Crippen LogP contribution in [0.5, 0.6) is 0 Å². The Hall–Kier alpha value is -2.75. The molecule has 0 saturated carbocycles. The Balaban J connectivity index is 1.77. The number of nitrogens with zero attached hydrogens (tertiary/aromatic N) is 1. The van der Waals surface area contributed by atoms with E-state index in [1.54, 1.807) is 29.8 Å². The minimum Gasteiger partial charge on any atom is -0.298 e. The molecule has 1 amide bonds. The van der Waals surface area contributed by atoms with Crippen molar-refractivity contribution in [3.63, 3.8) is 0 Å². The maximum absolute atomic E-state index is 12.9. The molecule has 0 aliphatic heterocycles. The van der Waals surface area contributed by atoms with Gasteiger partial charge in [-0.15, -0.1) is 22.7 Å². The molecular formula is C19H15N3O3S3. The molecule has 0 bridgehead atoms. The highest BCUT2D eigenvalue weighted by molar-refractivity contribution is 7.94. The van der Waals surface area contributed by atoms with Crippen LogP contribution in [0.15, 0.2) is 64.3 Å². The normalized spacial score (nSPS) is 11.5. The Bertz CT molecular complexity index is 1260.